The van der Waals surface area contributed by atoms with Gasteiger partial charge >= 0.3 is 0 Å². The molecule has 2 rings (SSSR count). The van der Waals surface area contributed by atoms with Crippen LogP contribution in [0.2, 0.25) is 5.15 Å². The Morgan fingerprint density at radius 1 is 1.47 bits per heavy atom. The summed E-state index contributed by atoms with van der Waals surface area (Å²) in [7, 11) is 0. The monoisotopic (exact) mass is 296 g/mol. The summed E-state index contributed by atoms with van der Waals surface area (Å²) in [5, 5.41) is 3.75. The molecule has 0 bridgehead atoms. The molecule has 0 aromatic carbocycles. The first-order chi connectivity index (χ1) is 9.10. The van der Waals surface area contributed by atoms with Gasteiger partial charge in [-0.1, -0.05) is 18.5 Å². The van der Waals surface area contributed by atoms with Gasteiger partial charge < -0.3 is 11.1 Å². The van der Waals surface area contributed by atoms with Gasteiger partial charge in [0, 0.05) is 11.1 Å². The van der Waals surface area contributed by atoms with Gasteiger partial charge in [-0.2, -0.15) is 0 Å². The maximum atomic E-state index is 12.0. The first kappa shape index (κ1) is 13.8. The average molecular weight is 297 g/mol. The lowest BCUT2D eigenvalue weighted by Gasteiger charge is -2.05. The van der Waals surface area contributed by atoms with Crippen LogP contribution in [0.3, 0.4) is 0 Å². The first-order valence-corrected chi connectivity index (χ1v) is 6.92. The van der Waals surface area contributed by atoms with Crippen molar-refractivity contribution in [3.63, 3.8) is 0 Å². The zero-order valence-corrected chi connectivity index (χ0v) is 11.9. The summed E-state index contributed by atoms with van der Waals surface area (Å²) >= 11 is 7.44. The van der Waals surface area contributed by atoms with E-state index in [1.165, 1.54) is 17.1 Å². The molecule has 1 amide bonds. The molecule has 5 nitrogen and oxygen atoms in total. The molecule has 100 valence electrons. The number of carbonyl (C=O) groups excluding carboxylic acids is 1. The van der Waals surface area contributed by atoms with Crippen LogP contribution >= 0.6 is 22.9 Å². The average Bonchev–Trinajstić information content (AvgIpc) is 2.87. The van der Waals surface area contributed by atoms with E-state index < -0.39 is 0 Å². The van der Waals surface area contributed by atoms with Gasteiger partial charge in [-0.3, -0.25) is 4.79 Å². The quantitative estimate of drug-likeness (QED) is 0.848. The predicted octanol–water partition coefficient (Wildman–Crippen LogP) is 2.27. The molecule has 2 heterocycles. The van der Waals surface area contributed by atoms with Crippen LogP contribution in [0, 0.1) is 0 Å². The molecule has 0 unspecified atom stereocenters. The van der Waals surface area contributed by atoms with Crippen molar-refractivity contribution in [2.75, 3.05) is 5.73 Å². The maximum Gasteiger partial charge on any atom is 0.254 e. The summed E-state index contributed by atoms with van der Waals surface area (Å²) < 4.78 is 0. The van der Waals surface area contributed by atoms with Crippen LogP contribution in [0.15, 0.2) is 18.5 Å². The summed E-state index contributed by atoms with van der Waals surface area (Å²) in [6.45, 7) is 2.43. The van der Waals surface area contributed by atoms with Crippen LogP contribution in [0.25, 0.3) is 0 Å². The Morgan fingerprint density at radius 3 is 2.95 bits per heavy atom. The van der Waals surface area contributed by atoms with Gasteiger partial charge in [-0.05, 0) is 12.5 Å². The first-order valence-electron chi connectivity index (χ1n) is 5.73. The number of nitrogens with two attached hydrogens (primary N) is 1. The lowest BCUT2D eigenvalue weighted by atomic mass is 10.2. The lowest BCUT2D eigenvalue weighted by Crippen LogP contribution is -2.23. The Balaban J connectivity index is 2.03. The standard InChI is InChI=1S/C12H13ClN4OS/c1-2-8-5-15-10(19-8)6-17-12(18)9-3-7(14)4-16-11(9)13/h3-5H,2,6,14H2,1H3,(H,17,18). The fourth-order valence-corrected chi connectivity index (χ4v) is 2.46. The van der Waals surface area contributed by atoms with Crippen molar-refractivity contribution >= 4 is 34.5 Å². The number of nitrogen functional groups attached to an aromatic ring is 1. The molecule has 2 aromatic rings. The van der Waals surface area contributed by atoms with Gasteiger partial charge in [0.1, 0.15) is 10.2 Å². The number of carbonyl (C=O) groups is 1. The number of aryl methyl sites for hydroxylation is 1. The van der Waals surface area contributed by atoms with Gasteiger partial charge in [0.25, 0.3) is 5.91 Å². The van der Waals surface area contributed by atoms with Crippen molar-refractivity contribution in [2.24, 2.45) is 0 Å². The van der Waals surface area contributed by atoms with Crippen LogP contribution in [0.5, 0.6) is 0 Å². The number of aromatic nitrogens is 2. The number of halogens is 1. The topological polar surface area (TPSA) is 80.9 Å². The molecule has 19 heavy (non-hydrogen) atoms. The highest BCUT2D eigenvalue weighted by atomic mass is 35.5. The molecule has 0 saturated carbocycles. The van der Waals surface area contributed by atoms with Crippen molar-refractivity contribution in [1.29, 1.82) is 0 Å². The van der Waals surface area contributed by atoms with E-state index in [0.717, 1.165) is 11.4 Å². The molecule has 0 spiro atoms. The van der Waals surface area contributed by atoms with Gasteiger partial charge in [-0.25, -0.2) is 9.97 Å². The van der Waals surface area contributed by atoms with E-state index in [1.54, 1.807) is 11.3 Å². The number of amides is 1. The van der Waals surface area contributed by atoms with E-state index in [4.69, 9.17) is 17.3 Å². The minimum atomic E-state index is -0.307. The van der Waals surface area contributed by atoms with Gasteiger partial charge in [0.2, 0.25) is 0 Å². The molecule has 0 aliphatic heterocycles. The molecule has 2 aromatic heterocycles. The van der Waals surface area contributed by atoms with Crippen LogP contribution in [0.1, 0.15) is 27.2 Å². The smallest absolute Gasteiger partial charge is 0.254 e. The number of nitrogens with one attached hydrogen (secondary N) is 1. The molecule has 0 aliphatic rings. The van der Waals surface area contributed by atoms with Gasteiger partial charge in [0.15, 0.2) is 0 Å². The molecule has 0 aliphatic carbocycles. The second-order valence-corrected chi connectivity index (χ2v) is 5.42. The maximum absolute atomic E-state index is 12.0. The van der Waals surface area contributed by atoms with Crippen molar-refractivity contribution in [2.45, 2.75) is 19.9 Å². The number of hydrogen-bond donors (Lipinski definition) is 2. The van der Waals surface area contributed by atoms with Crippen molar-refractivity contribution < 1.29 is 4.79 Å². The number of nitrogens with zero attached hydrogens (tertiary/aromatic N) is 2. The van der Waals surface area contributed by atoms with E-state index in [-0.39, 0.29) is 16.6 Å². The third-order valence-corrected chi connectivity index (χ3v) is 3.90. The molecule has 0 radical (unpaired) electrons. The summed E-state index contributed by atoms with van der Waals surface area (Å²) in [5.41, 5.74) is 6.25. The van der Waals surface area contributed by atoms with Crippen molar-refractivity contribution in [1.82, 2.24) is 15.3 Å². The molecule has 0 saturated heterocycles. The summed E-state index contributed by atoms with van der Waals surface area (Å²) in [6, 6.07) is 1.50. The molecular weight excluding hydrogens is 284 g/mol. The zero-order chi connectivity index (χ0) is 13.8. The fourth-order valence-electron chi connectivity index (χ4n) is 1.47. The second-order valence-electron chi connectivity index (χ2n) is 3.86. The Kier molecular flexibility index (Phi) is 4.34. The van der Waals surface area contributed by atoms with Crippen LogP contribution in [-0.2, 0) is 13.0 Å². The van der Waals surface area contributed by atoms with E-state index in [9.17, 15) is 4.79 Å². The Hall–Kier alpha value is -1.66. The zero-order valence-electron chi connectivity index (χ0n) is 10.3. The normalized spacial score (nSPS) is 10.4. The Labute approximate surface area is 119 Å². The lowest BCUT2D eigenvalue weighted by molar-refractivity contribution is 0.0950. The van der Waals surface area contributed by atoms with E-state index in [0.29, 0.717) is 12.2 Å². The van der Waals surface area contributed by atoms with Crippen molar-refractivity contribution in [3.8, 4) is 0 Å². The minimum absolute atomic E-state index is 0.139. The number of thiazole rings is 1. The van der Waals surface area contributed by atoms with E-state index >= 15 is 0 Å². The SMILES string of the molecule is CCc1cnc(CNC(=O)c2cc(N)cnc2Cl)s1. The Bertz CT molecular complexity index is 599. The van der Waals surface area contributed by atoms with Crippen molar-refractivity contribution in [3.05, 3.63) is 39.1 Å². The highest BCUT2D eigenvalue weighted by Gasteiger charge is 2.12. The largest absolute Gasteiger partial charge is 0.397 e. The van der Waals surface area contributed by atoms with Gasteiger partial charge in [0.05, 0.1) is 24.0 Å². The third kappa shape index (κ3) is 3.42. The van der Waals surface area contributed by atoms with Gasteiger partial charge in [-0.15, -0.1) is 11.3 Å². The number of rotatable bonds is 4. The highest BCUT2D eigenvalue weighted by molar-refractivity contribution is 7.11. The molecule has 0 fully saturated rings. The molecule has 0 atom stereocenters. The summed E-state index contributed by atoms with van der Waals surface area (Å²) in [5.74, 6) is -0.307. The van der Waals surface area contributed by atoms with E-state index in [1.807, 2.05) is 6.20 Å². The third-order valence-electron chi connectivity index (χ3n) is 2.45. The predicted molar refractivity (Wildman–Crippen MR) is 76.3 cm³/mol. The molecule has 7 heteroatoms. The number of hydrogen-bond acceptors (Lipinski definition) is 5. The fraction of sp³-hybridized carbons (Fsp3) is 0.250. The molecule has 3 N–H and O–H groups in total. The number of anilines is 1. The van der Waals surface area contributed by atoms with Crippen LogP contribution < -0.4 is 11.1 Å². The molecular formula is C12H13ClN4OS. The highest BCUT2D eigenvalue weighted by Crippen LogP contribution is 2.16. The van der Waals surface area contributed by atoms with Crippen LogP contribution in [0.4, 0.5) is 5.69 Å². The summed E-state index contributed by atoms with van der Waals surface area (Å²) in [6.07, 6.45) is 4.17. The number of pyridine rings is 1. The summed E-state index contributed by atoms with van der Waals surface area (Å²) in [4.78, 5) is 21.2. The Morgan fingerprint density at radius 2 is 2.26 bits per heavy atom. The second kappa shape index (κ2) is 5.99. The minimum Gasteiger partial charge on any atom is -0.397 e. The van der Waals surface area contributed by atoms with E-state index in [2.05, 4.69) is 22.2 Å². The van der Waals surface area contributed by atoms with Crippen LogP contribution in [-0.4, -0.2) is 15.9 Å².